The van der Waals surface area contributed by atoms with Crippen molar-refractivity contribution < 1.29 is 4.79 Å². The lowest BCUT2D eigenvalue weighted by Gasteiger charge is -2.34. The Morgan fingerprint density at radius 2 is 1.97 bits per heavy atom. The Kier molecular flexibility index (Phi) is 6.01. The summed E-state index contributed by atoms with van der Waals surface area (Å²) >= 11 is 1.67. The molecule has 4 rings (SSSR count). The maximum absolute atomic E-state index is 12.6. The van der Waals surface area contributed by atoms with Crippen molar-refractivity contribution in [3.8, 4) is 0 Å². The molecule has 0 saturated carbocycles. The number of thioether (sulfide) groups is 1. The number of carbonyl (C=O) groups is 1. The van der Waals surface area contributed by atoms with Gasteiger partial charge in [0.25, 0.3) is 0 Å². The lowest BCUT2D eigenvalue weighted by molar-refractivity contribution is 0.144. The molecular weight excluding hydrogens is 384 g/mol. The number of anilines is 1. The third kappa shape index (κ3) is 4.54. The van der Waals surface area contributed by atoms with Crippen LogP contribution in [-0.4, -0.2) is 69.3 Å². The van der Waals surface area contributed by atoms with Crippen LogP contribution in [0.3, 0.4) is 0 Å². The van der Waals surface area contributed by atoms with E-state index in [0.29, 0.717) is 0 Å². The van der Waals surface area contributed by atoms with E-state index in [9.17, 15) is 4.79 Å². The highest BCUT2D eigenvalue weighted by Gasteiger charge is 2.21. The van der Waals surface area contributed by atoms with E-state index in [1.807, 2.05) is 60.7 Å². The fraction of sp³-hybridized carbons (Fsp3) is 0.381. The molecule has 0 radical (unpaired) electrons. The average molecular weight is 411 g/mol. The van der Waals surface area contributed by atoms with Gasteiger partial charge in [0.2, 0.25) is 0 Å². The van der Waals surface area contributed by atoms with Gasteiger partial charge in [0.15, 0.2) is 5.65 Å². The number of hydrogen-bond acceptors (Lipinski definition) is 5. The first-order valence-corrected chi connectivity index (χ1v) is 11.1. The normalized spacial score (nSPS) is 15.0. The van der Waals surface area contributed by atoms with Crippen LogP contribution >= 0.6 is 11.8 Å². The van der Waals surface area contributed by atoms with Gasteiger partial charge < -0.3 is 14.8 Å². The summed E-state index contributed by atoms with van der Waals surface area (Å²) in [6.45, 7) is 7.01. The summed E-state index contributed by atoms with van der Waals surface area (Å²) in [7, 11) is 0. The molecule has 152 valence electrons. The molecular formula is C21H26N6OS. The fourth-order valence-corrected chi connectivity index (χ4v) is 4.12. The third-order valence-electron chi connectivity index (χ3n) is 5.31. The van der Waals surface area contributed by atoms with Crippen LogP contribution in [0.25, 0.3) is 11.2 Å². The topological polar surface area (TPSA) is 66.3 Å². The zero-order valence-electron chi connectivity index (χ0n) is 16.8. The Hall–Kier alpha value is -2.58. The van der Waals surface area contributed by atoms with Crippen LogP contribution in [0.1, 0.15) is 5.82 Å². The molecule has 0 bridgehead atoms. The molecule has 2 aromatic heterocycles. The lowest BCUT2D eigenvalue weighted by atomic mass is 10.3. The zero-order chi connectivity index (χ0) is 20.2. The van der Waals surface area contributed by atoms with E-state index in [1.165, 1.54) is 0 Å². The lowest BCUT2D eigenvalue weighted by Crippen LogP contribution is -2.50. The molecule has 0 spiro atoms. The maximum atomic E-state index is 12.6. The second-order valence-corrected chi connectivity index (χ2v) is 8.03. The summed E-state index contributed by atoms with van der Waals surface area (Å²) in [5.74, 6) is 0.990. The molecule has 3 heterocycles. The molecule has 3 aromatic rings. The summed E-state index contributed by atoms with van der Waals surface area (Å²) in [5, 5.41) is 3.02. The summed E-state index contributed by atoms with van der Waals surface area (Å²) in [6, 6.07) is 11.8. The SMILES string of the molecule is CSc1cccc(NC(=O)N2CCN(CCn3c(C)nc4cccnc43)CC2)c1. The third-order valence-corrected chi connectivity index (χ3v) is 6.04. The largest absolute Gasteiger partial charge is 0.322 e. The van der Waals surface area contributed by atoms with Crippen LogP contribution < -0.4 is 5.32 Å². The standard InChI is InChI=1S/C21H26N6OS/c1-16-23-19-7-4-8-22-20(19)27(16)14-11-25-9-12-26(13-10-25)21(28)24-17-5-3-6-18(15-17)29-2/h3-8,15H,9-14H2,1-2H3,(H,24,28). The molecule has 1 fully saturated rings. The number of carbonyl (C=O) groups excluding carboxylic acids is 1. The molecule has 1 saturated heterocycles. The molecule has 1 aliphatic heterocycles. The van der Waals surface area contributed by atoms with Gasteiger partial charge in [-0.1, -0.05) is 6.07 Å². The number of imidazole rings is 1. The van der Waals surface area contributed by atoms with Gasteiger partial charge in [0, 0.05) is 56.0 Å². The number of hydrogen-bond donors (Lipinski definition) is 1. The Morgan fingerprint density at radius 3 is 2.76 bits per heavy atom. The average Bonchev–Trinajstić information content (AvgIpc) is 3.07. The Labute approximate surface area is 175 Å². The van der Waals surface area contributed by atoms with Gasteiger partial charge in [-0.3, -0.25) is 4.90 Å². The minimum Gasteiger partial charge on any atom is -0.322 e. The first-order valence-electron chi connectivity index (χ1n) is 9.84. The molecule has 29 heavy (non-hydrogen) atoms. The van der Waals surface area contributed by atoms with Gasteiger partial charge in [-0.2, -0.15) is 0 Å². The second-order valence-electron chi connectivity index (χ2n) is 7.15. The van der Waals surface area contributed by atoms with Gasteiger partial charge in [0.05, 0.1) is 0 Å². The number of rotatable bonds is 5. The van der Waals surface area contributed by atoms with Crippen LogP contribution in [0, 0.1) is 6.92 Å². The number of pyridine rings is 1. The Balaban J connectivity index is 1.29. The van der Waals surface area contributed by atoms with E-state index in [2.05, 4.69) is 24.8 Å². The van der Waals surface area contributed by atoms with E-state index in [-0.39, 0.29) is 6.03 Å². The molecule has 0 unspecified atom stereocenters. The van der Waals surface area contributed by atoms with Crippen molar-refractivity contribution in [3.05, 3.63) is 48.4 Å². The summed E-state index contributed by atoms with van der Waals surface area (Å²) in [6.07, 6.45) is 3.84. The molecule has 8 heteroatoms. The number of aromatic nitrogens is 3. The summed E-state index contributed by atoms with van der Waals surface area (Å²) in [4.78, 5) is 27.1. The number of nitrogens with one attached hydrogen (secondary N) is 1. The van der Waals surface area contributed by atoms with Crippen LogP contribution in [0.15, 0.2) is 47.5 Å². The highest BCUT2D eigenvalue weighted by Crippen LogP contribution is 2.19. The Bertz CT molecular complexity index is 996. The van der Waals surface area contributed by atoms with Gasteiger partial charge in [-0.25, -0.2) is 14.8 Å². The van der Waals surface area contributed by atoms with E-state index in [0.717, 1.165) is 66.8 Å². The van der Waals surface area contributed by atoms with Gasteiger partial charge in [0.1, 0.15) is 11.3 Å². The van der Waals surface area contributed by atoms with E-state index in [1.54, 1.807) is 11.8 Å². The molecule has 0 aliphatic carbocycles. The number of amides is 2. The van der Waals surface area contributed by atoms with Gasteiger partial charge in [-0.15, -0.1) is 11.8 Å². The highest BCUT2D eigenvalue weighted by molar-refractivity contribution is 7.98. The summed E-state index contributed by atoms with van der Waals surface area (Å²) < 4.78 is 2.17. The van der Waals surface area contributed by atoms with Crippen LogP contribution in [0.2, 0.25) is 0 Å². The predicted octanol–water partition coefficient (Wildman–Crippen LogP) is 3.31. The van der Waals surface area contributed by atoms with E-state index < -0.39 is 0 Å². The minimum absolute atomic E-state index is 0.0245. The molecule has 1 N–H and O–H groups in total. The maximum Gasteiger partial charge on any atom is 0.321 e. The van der Waals surface area contributed by atoms with Crippen LogP contribution in [0.5, 0.6) is 0 Å². The number of piperazine rings is 1. The highest BCUT2D eigenvalue weighted by atomic mass is 32.2. The quantitative estimate of drug-likeness (QED) is 0.654. The second kappa shape index (κ2) is 8.84. The van der Waals surface area contributed by atoms with Crippen molar-refractivity contribution in [2.24, 2.45) is 0 Å². The number of fused-ring (bicyclic) bond motifs is 1. The van der Waals surface area contributed by atoms with Crippen molar-refractivity contribution in [3.63, 3.8) is 0 Å². The number of nitrogens with zero attached hydrogens (tertiary/aromatic N) is 5. The summed E-state index contributed by atoms with van der Waals surface area (Å²) in [5.41, 5.74) is 2.73. The van der Waals surface area contributed by atoms with Crippen molar-refractivity contribution >= 4 is 34.6 Å². The first-order chi connectivity index (χ1) is 14.1. The first kappa shape index (κ1) is 19.7. The smallest absolute Gasteiger partial charge is 0.321 e. The predicted molar refractivity (Wildman–Crippen MR) is 118 cm³/mol. The van der Waals surface area contributed by atoms with Gasteiger partial charge >= 0.3 is 6.03 Å². The number of benzene rings is 1. The van der Waals surface area contributed by atoms with Crippen molar-refractivity contribution in [2.75, 3.05) is 44.3 Å². The molecule has 1 aromatic carbocycles. The van der Waals surface area contributed by atoms with E-state index in [4.69, 9.17) is 0 Å². The van der Waals surface area contributed by atoms with Crippen molar-refractivity contribution in [2.45, 2.75) is 18.4 Å². The van der Waals surface area contributed by atoms with Gasteiger partial charge in [-0.05, 0) is 43.5 Å². The molecule has 7 nitrogen and oxygen atoms in total. The molecule has 0 atom stereocenters. The zero-order valence-corrected chi connectivity index (χ0v) is 17.7. The minimum atomic E-state index is -0.0245. The number of aryl methyl sites for hydroxylation is 1. The van der Waals surface area contributed by atoms with E-state index >= 15 is 0 Å². The molecule has 2 amide bonds. The van der Waals surface area contributed by atoms with Crippen LogP contribution in [-0.2, 0) is 6.54 Å². The molecule has 1 aliphatic rings. The van der Waals surface area contributed by atoms with Crippen LogP contribution in [0.4, 0.5) is 10.5 Å². The van der Waals surface area contributed by atoms with Crippen molar-refractivity contribution in [1.29, 1.82) is 0 Å². The monoisotopic (exact) mass is 410 g/mol. The fourth-order valence-electron chi connectivity index (χ4n) is 3.66. The van der Waals surface area contributed by atoms with Crippen molar-refractivity contribution in [1.82, 2.24) is 24.3 Å². The number of urea groups is 1. The Morgan fingerprint density at radius 1 is 1.14 bits per heavy atom.